The van der Waals surface area contributed by atoms with Crippen LogP contribution in [0.1, 0.15) is 42.1 Å². The molecule has 0 aliphatic carbocycles. The molecule has 0 radical (unpaired) electrons. The lowest BCUT2D eigenvalue weighted by molar-refractivity contribution is 0.0502. The second-order valence-corrected chi connectivity index (χ2v) is 10.7. The van der Waals surface area contributed by atoms with Crippen LogP contribution < -0.4 is 16.2 Å². The van der Waals surface area contributed by atoms with Gasteiger partial charge >= 0.3 is 0 Å². The van der Waals surface area contributed by atoms with E-state index >= 15 is 0 Å². The van der Waals surface area contributed by atoms with Crippen molar-refractivity contribution in [3.05, 3.63) is 81.4 Å². The van der Waals surface area contributed by atoms with E-state index in [2.05, 4.69) is 37.7 Å². The average molecular weight is 568 g/mol. The number of amides is 1. The minimum absolute atomic E-state index is 0.0628. The third kappa shape index (κ3) is 5.28. The molecule has 12 heteroatoms. The SMILES string of the molecule is Cn1c(=O)cc(NC(C)(C)c2ncccn2)c2cccc(Nc3cc(C(=O)N4CC(CC#N)C4)nc(Cl)c3C#N)c21. The molecule has 0 atom stereocenters. The largest absolute Gasteiger partial charge is 0.372 e. The lowest BCUT2D eigenvalue weighted by Gasteiger charge is -2.37. The number of nitrogens with one attached hydrogen (secondary N) is 2. The highest BCUT2D eigenvalue weighted by molar-refractivity contribution is 6.31. The van der Waals surface area contributed by atoms with E-state index in [0.717, 1.165) is 5.39 Å². The number of carbonyl (C=O) groups is 1. The Labute approximate surface area is 241 Å². The molecule has 4 aromatic rings. The van der Waals surface area contributed by atoms with E-state index in [-0.39, 0.29) is 39.5 Å². The Balaban J connectivity index is 1.54. The van der Waals surface area contributed by atoms with Crippen LogP contribution in [-0.4, -0.2) is 43.4 Å². The van der Waals surface area contributed by atoms with Crippen molar-refractivity contribution in [3.63, 3.8) is 0 Å². The Kier molecular flexibility index (Phi) is 7.31. The second kappa shape index (κ2) is 10.9. The van der Waals surface area contributed by atoms with Crippen molar-refractivity contribution in [2.45, 2.75) is 25.8 Å². The Hall–Kier alpha value is -5.00. The molecule has 1 aromatic carbocycles. The van der Waals surface area contributed by atoms with Gasteiger partial charge < -0.3 is 20.1 Å². The van der Waals surface area contributed by atoms with E-state index < -0.39 is 5.54 Å². The maximum absolute atomic E-state index is 13.1. The number of rotatable bonds is 7. The van der Waals surface area contributed by atoms with Gasteiger partial charge in [-0.1, -0.05) is 23.7 Å². The zero-order valence-electron chi connectivity index (χ0n) is 22.6. The number of halogens is 1. The van der Waals surface area contributed by atoms with Crippen LogP contribution in [0.5, 0.6) is 0 Å². The lowest BCUT2D eigenvalue weighted by atomic mass is 9.96. The van der Waals surface area contributed by atoms with Crippen molar-refractivity contribution < 1.29 is 4.79 Å². The zero-order chi connectivity index (χ0) is 29.3. The van der Waals surface area contributed by atoms with Gasteiger partial charge in [0.25, 0.3) is 11.5 Å². The summed E-state index contributed by atoms with van der Waals surface area (Å²) in [6, 6.07) is 14.4. The van der Waals surface area contributed by atoms with Crippen LogP contribution >= 0.6 is 11.6 Å². The van der Waals surface area contributed by atoms with Crippen LogP contribution in [0.25, 0.3) is 10.9 Å². The Bertz CT molecular complexity index is 1800. The van der Waals surface area contributed by atoms with Gasteiger partial charge in [-0.05, 0) is 32.0 Å². The quantitative estimate of drug-likeness (QED) is 0.311. The lowest BCUT2D eigenvalue weighted by Crippen LogP contribution is -2.50. The summed E-state index contributed by atoms with van der Waals surface area (Å²) in [4.78, 5) is 40.7. The molecule has 0 bridgehead atoms. The van der Waals surface area contributed by atoms with Crippen LogP contribution in [0, 0.1) is 28.6 Å². The Morgan fingerprint density at radius 1 is 1.12 bits per heavy atom. The molecule has 0 unspecified atom stereocenters. The van der Waals surface area contributed by atoms with E-state index in [9.17, 15) is 14.9 Å². The van der Waals surface area contributed by atoms with Crippen LogP contribution in [0.4, 0.5) is 17.1 Å². The maximum Gasteiger partial charge on any atom is 0.272 e. The number of fused-ring (bicyclic) bond motifs is 1. The van der Waals surface area contributed by atoms with E-state index in [0.29, 0.717) is 42.2 Å². The van der Waals surface area contributed by atoms with Gasteiger partial charge in [-0.15, -0.1) is 0 Å². The fourth-order valence-corrected chi connectivity index (χ4v) is 5.11. The third-order valence-electron chi connectivity index (χ3n) is 7.03. The highest BCUT2D eigenvalue weighted by Crippen LogP contribution is 2.34. The number of hydrogen-bond donors (Lipinski definition) is 2. The summed E-state index contributed by atoms with van der Waals surface area (Å²) in [6.07, 6.45) is 3.70. The normalized spacial score (nSPS) is 13.3. The van der Waals surface area contributed by atoms with Gasteiger partial charge in [-0.3, -0.25) is 9.59 Å². The molecule has 1 saturated heterocycles. The number of benzene rings is 1. The monoisotopic (exact) mass is 567 g/mol. The van der Waals surface area contributed by atoms with Gasteiger partial charge in [0, 0.05) is 62.0 Å². The summed E-state index contributed by atoms with van der Waals surface area (Å²) in [6.45, 7) is 4.76. The standard InChI is InChI=1S/C29H26ClN9O2/c1-29(2,28-33-10-5-11-34-28)37-22-13-24(40)38(3)25-18(22)6-4-7-20(25)35-21-12-23(36-26(30)19(21)14-32)27(41)39-15-17(16-39)8-9-31/h4-7,10-13,17,37H,8,15-16H2,1-3H3,(H,35,36). The zero-order valence-corrected chi connectivity index (χ0v) is 23.4. The van der Waals surface area contributed by atoms with Gasteiger partial charge in [-0.25, -0.2) is 15.0 Å². The van der Waals surface area contributed by atoms with E-state index in [4.69, 9.17) is 16.9 Å². The summed E-state index contributed by atoms with van der Waals surface area (Å²) in [5.74, 6) is 0.357. The highest BCUT2D eigenvalue weighted by atomic mass is 35.5. The number of para-hydroxylation sites is 1. The van der Waals surface area contributed by atoms with Crippen LogP contribution in [-0.2, 0) is 12.6 Å². The van der Waals surface area contributed by atoms with Crippen molar-refractivity contribution in [2.75, 3.05) is 23.7 Å². The predicted molar refractivity (Wildman–Crippen MR) is 155 cm³/mol. The smallest absolute Gasteiger partial charge is 0.272 e. The number of aromatic nitrogens is 4. The number of nitrogens with zero attached hydrogens (tertiary/aromatic N) is 7. The number of aryl methyl sites for hydroxylation is 1. The number of carbonyl (C=O) groups excluding carboxylic acids is 1. The topological polar surface area (TPSA) is 153 Å². The average Bonchev–Trinajstić information content (AvgIpc) is 2.93. The van der Waals surface area contributed by atoms with Gasteiger partial charge in [0.05, 0.1) is 28.5 Å². The molecular formula is C29H26ClN9O2. The molecule has 0 saturated carbocycles. The number of pyridine rings is 2. The molecule has 0 spiro atoms. The van der Waals surface area contributed by atoms with Crippen molar-refractivity contribution >= 4 is 45.5 Å². The molecule has 11 nitrogen and oxygen atoms in total. The Morgan fingerprint density at radius 3 is 2.54 bits per heavy atom. The molecule has 1 aliphatic heterocycles. The van der Waals surface area contributed by atoms with Gasteiger partial charge in [0.2, 0.25) is 0 Å². The fourth-order valence-electron chi connectivity index (χ4n) is 4.88. The molecule has 4 heterocycles. The van der Waals surface area contributed by atoms with Crippen LogP contribution in [0.2, 0.25) is 5.15 Å². The molecule has 3 aromatic heterocycles. The number of likely N-dealkylation sites (tertiary alicyclic amines) is 1. The first-order chi connectivity index (χ1) is 19.6. The first kappa shape index (κ1) is 27.6. The highest BCUT2D eigenvalue weighted by Gasteiger charge is 2.32. The summed E-state index contributed by atoms with van der Waals surface area (Å²) < 4.78 is 1.51. The molecular weight excluding hydrogens is 542 g/mol. The van der Waals surface area contributed by atoms with E-state index in [1.54, 1.807) is 36.5 Å². The van der Waals surface area contributed by atoms with Crippen molar-refractivity contribution in [1.29, 1.82) is 10.5 Å². The molecule has 5 rings (SSSR count). The molecule has 1 aliphatic rings. The van der Waals surface area contributed by atoms with Crippen LogP contribution in [0.15, 0.2) is 53.6 Å². The maximum atomic E-state index is 13.1. The van der Waals surface area contributed by atoms with Crippen molar-refractivity contribution in [1.82, 2.24) is 24.4 Å². The molecule has 2 N–H and O–H groups in total. The first-order valence-electron chi connectivity index (χ1n) is 12.8. The summed E-state index contributed by atoms with van der Waals surface area (Å²) in [5.41, 5.74) is 1.14. The van der Waals surface area contributed by atoms with E-state index in [1.165, 1.54) is 16.7 Å². The molecule has 1 amide bonds. The Morgan fingerprint density at radius 2 is 1.85 bits per heavy atom. The fraction of sp³-hybridized carbons (Fsp3) is 0.276. The second-order valence-electron chi connectivity index (χ2n) is 10.4. The summed E-state index contributed by atoms with van der Waals surface area (Å²) in [5, 5.41) is 26.0. The number of anilines is 3. The minimum Gasteiger partial charge on any atom is -0.372 e. The molecule has 1 fully saturated rings. The summed E-state index contributed by atoms with van der Waals surface area (Å²) >= 11 is 6.36. The molecule has 206 valence electrons. The third-order valence-corrected chi connectivity index (χ3v) is 7.31. The van der Waals surface area contributed by atoms with Gasteiger partial charge in [0.1, 0.15) is 22.5 Å². The van der Waals surface area contributed by atoms with Crippen molar-refractivity contribution in [2.24, 2.45) is 13.0 Å². The molecule has 41 heavy (non-hydrogen) atoms. The minimum atomic E-state index is -0.699. The van der Waals surface area contributed by atoms with Gasteiger partial charge in [-0.2, -0.15) is 10.5 Å². The summed E-state index contributed by atoms with van der Waals surface area (Å²) in [7, 11) is 1.66. The van der Waals surface area contributed by atoms with Crippen LogP contribution in [0.3, 0.4) is 0 Å². The first-order valence-corrected chi connectivity index (χ1v) is 13.2. The number of nitriles is 2. The predicted octanol–water partition coefficient (Wildman–Crippen LogP) is 4.33. The van der Waals surface area contributed by atoms with Crippen molar-refractivity contribution in [3.8, 4) is 12.1 Å². The van der Waals surface area contributed by atoms with E-state index in [1.807, 2.05) is 26.0 Å². The number of hydrogen-bond acceptors (Lipinski definition) is 9. The van der Waals surface area contributed by atoms with Gasteiger partial charge in [0.15, 0.2) is 5.82 Å².